The minimum atomic E-state index is -0.659. The predicted molar refractivity (Wildman–Crippen MR) is 102 cm³/mol. The van der Waals surface area contributed by atoms with Gasteiger partial charge in [-0.2, -0.15) is 0 Å². The van der Waals surface area contributed by atoms with Crippen LogP contribution in [-0.4, -0.2) is 17.9 Å². The first-order chi connectivity index (χ1) is 11.9. The van der Waals surface area contributed by atoms with Crippen molar-refractivity contribution in [3.63, 3.8) is 0 Å². The van der Waals surface area contributed by atoms with Gasteiger partial charge in [-0.15, -0.1) is 0 Å². The summed E-state index contributed by atoms with van der Waals surface area (Å²) in [6.45, 7) is 5.82. The molecule has 0 fully saturated rings. The number of nitrogens with one attached hydrogen (secondary N) is 2. The maximum Gasteiger partial charge on any atom is 0.253 e. The van der Waals surface area contributed by atoms with E-state index in [0.29, 0.717) is 10.6 Å². The molecule has 4 nitrogen and oxygen atoms in total. The summed E-state index contributed by atoms with van der Waals surface area (Å²) >= 11 is 6.07. The topological polar surface area (TPSA) is 58.2 Å². The molecule has 25 heavy (non-hydrogen) atoms. The van der Waals surface area contributed by atoms with Crippen LogP contribution in [-0.2, 0) is 11.2 Å². The molecule has 0 spiro atoms. The van der Waals surface area contributed by atoms with Gasteiger partial charge in [-0.3, -0.25) is 9.59 Å². The highest BCUT2D eigenvalue weighted by atomic mass is 35.5. The van der Waals surface area contributed by atoms with Gasteiger partial charge >= 0.3 is 0 Å². The van der Waals surface area contributed by atoms with Crippen molar-refractivity contribution >= 4 is 29.1 Å². The number of benzene rings is 2. The quantitative estimate of drug-likeness (QED) is 0.809. The normalized spacial score (nSPS) is 11.9. The Bertz CT molecular complexity index is 759. The predicted octanol–water partition coefficient (Wildman–Crippen LogP) is 4.30. The minimum absolute atomic E-state index is 0.0692. The van der Waals surface area contributed by atoms with Crippen molar-refractivity contribution in [1.29, 1.82) is 0 Å². The van der Waals surface area contributed by atoms with E-state index in [9.17, 15) is 9.59 Å². The van der Waals surface area contributed by atoms with Crippen LogP contribution < -0.4 is 10.6 Å². The second-order valence-corrected chi connectivity index (χ2v) is 6.58. The fourth-order valence-corrected chi connectivity index (χ4v) is 2.78. The largest absolute Gasteiger partial charge is 0.340 e. The van der Waals surface area contributed by atoms with Crippen LogP contribution in [0.5, 0.6) is 0 Å². The molecule has 0 aliphatic carbocycles. The van der Waals surface area contributed by atoms with Gasteiger partial charge in [0.2, 0.25) is 5.91 Å². The summed E-state index contributed by atoms with van der Waals surface area (Å²) in [5.74, 6) is -0.667. The highest BCUT2D eigenvalue weighted by Crippen LogP contribution is 2.18. The molecule has 2 rings (SSSR count). The Hall–Kier alpha value is -2.33. The number of para-hydroxylation sites is 1. The third-order valence-corrected chi connectivity index (χ3v) is 4.34. The van der Waals surface area contributed by atoms with Gasteiger partial charge in [-0.25, -0.2) is 0 Å². The molecule has 0 bridgehead atoms. The number of hydrogen-bond acceptors (Lipinski definition) is 2. The maximum atomic E-state index is 12.7. The molecular formula is C20H23ClN2O2. The van der Waals surface area contributed by atoms with E-state index in [1.807, 2.05) is 45.0 Å². The van der Waals surface area contributed by atoms with Crippen LogP contribution in [0.25, 0.3) is 0 Å². The van der Waals surface area contributed by atoms with E-state index >= 15 is 0 Å². The zero-order valence-electron chi connectivity index (χ0n) is 14.7. The van der Waals surface area contributed by atoms with Crippen molar-refractivity contribution in [2.24, 2.45) is 5.92 Å². The Balaban J connectivity index is 2.16. The molecule has 0 saturated carbocycles. The zero-order chi connectivity index (χ0) is 18.4. The average Bonchev–Trinajstić information content (AvgIpc) is 2.60. The van der Waals surface area contributed by atoms with Crippen molar-refractivity contribution in [3.05, 3.63) is 64.7 Å². The summed E-state index contributed by atoms with van der Waals surface area (Å²) in [6, 6.07) is 13.8. The molecule has 2 aromatic rings. The molecule has 2 amide bonds. The first-order valence-corrected chi connectivity index (χ1v) is 8.76. The van der Waals surface area contributed by atoms with Crippen molar-refractivity contribution in [3.8, 4) is 0 Å². The number of amides is 2. The van der Waals surface area contributed by atoms with Gasteiger partial charge in [-0.05, 0) is 36.1 Å². The van der Waals surface area contributed by atoms with E-state index in [1.54, 1.807) is 24.3 Å². The Morgan fingerprint density at radius 1 is 1.04 bits per heavy atom. The van der Waals surface area contributed by atoms with Crippen LogP contribution in [0.15, 0.2) is 48.5 Å². The van der Waals surface area contributed by atoms with E-state index in [2.05, 4.69) is 10.6 Å². The number of rotatable bonds is 6. The Labute approximate surface area is 153 Å². The molecular weight excluding hydrogens is 336 g/mol. The summed E-state index contributed by atoms with van der Waals surface area (Å²) in [5.41, 5.74) is 2.18. The molecule has 0 aliphatic rings. The van der Waals surface area contributed by atoms with Crippen molar-refractivity contribution < 1.29 is 9.59 Å². The molecule has 2 N–H and O–H groups in total. The molecule has 0 aromatic heterocycles. The zero-order valence-corrected chi connectivity index (χ0v) is 15.4. The van der Waals surface area contributed by atoms with Gasteiger partial charge in [0, 0.05) is 5.69 Å². The van der Waals surface area contributed by atoms with Gasteiger partial charge < -0.3 is 10.6 Å². The molecule has 2 aromatic carbocycles. The van der Waals surface area contributed by atoms with Crippen molar-refractivity contribution in [1.82, 2.24) is 5.32 Å². The second kappa shape index (κ2) is 8.67. The highest BCUT2D eigenvalue weighted by molar-refractivity contribution is 6.33. The standard InChI is InChI=1S/C20H23ClN2O2/c1-4-14-9-5-8-12-17(14)22-20(25)18(13(2)3)23-19(24)15-10-6-7-11-16(15)21/h5-13,18H,4H2,1-3H3,(H,22,25)(H,23,24)/t18-/m0/s1. The lowest BCUT2D eigenvalue weighted by Crippen LogP contribution is -2.47. The second-order valence-electron chi connectivity index (χ2n) is 6.17. The van der Waals surface area contributed by atoms with Gasteiger partial charge in [0.25, 0.3) is 5.91 Å². The number of hydrogen-bond donors (Lipinski definition) is 2. The Morgan fingerprint density at radius 3 is 2.32 bits per heavy atom. The molecule has 0 saturated heterocycles. The highest BCUT2D eigenvalue weighted by Gasteiger charge is 2.25. The first kappa shape index (κ1) is 19.0. The smallest absolute Gasteiger partial charge is 0.253 e. The lowest BCUT2D eigenvalue weighted by molar-refractivity contribution is -0.118. The fourth-order valence-electron chi connectivity index (χ4n) is 2.56. The third kappa shape index (κ3) is 4.83. The lowest BCUT2D eigenvalue weighted by atomic mass is 10.0. The van der Waals surface area contributed by atoms with Crippen molar-refractivity contribution in [2.45, 2.75) is 33.2 Å². The lowest BCUT2D eigenvalue weighted by Gasteiger charge is -2.22. The maximum absolute atomic E-state index is 12.7. The summed E-state index contributed by atoms with van der Waals surface area (Å²) < 4.78 is 0. The molecule has 0 unspecified atom stereocenters. The molecule has 5 heteroatoms. The van der Waals surface area contributed by atoms with Crippen LogP contribution in [0.1, 0.15) is 36.7 Å². The fraction of sp³-hybridized carbons (Fsp3) is 0.300. The number of carbonyl (C=O) groups is 2. The van der Waals surface area contributed by atoms with E-state index in [-0.39, 0.29) is 17.7 Å². The molecule has 0 heterocycles. The van der Waals surface area contributed by atoms with Crippen LogP contribution in [0.4, 0.5) is 5.69 Å². The first-order valence-electron chi connectivity index (χ1n) is 8.38. The van der Waals surface area contributed by atoms with Crippen LogP contribution >= 0.6 is 11.6 Å². The molecule has 0 radical (unpaired) electrons. The Kier molecular flexibility index (Phi) is 6.59. The van der Waals surface area contributed by atoms with Crippen LogP contribution in [0.2, 0.25) is 5.02 Å². The summed E-state index contributed by atoms with van der Waals surface area (Å²) in [5, 5.41) is 6.08. The molecule has 0 aliphatic heterocycles. The number of halogens is 1. The van der Waals surface area contributed by atoms with Gasteiger partial charge in [-0.1, -0.05) is 62.7 Å². The van der Waals surface area contributed by atoms with E-state index in [0.717, 1.165) is 17.7 Å². The van der Waals surface area contributed by atoms with Crippen LogP contribution in [0.3, 0.4) is 0 Å². The van der Waals surface area contributed by atoms with Gasteiger partial charge in [0.15, 0.2) is 0 Å². The van der Waals surface area contributed by atoms with E-state index in [4.69, 9.17) is 11.6 Å². The summed E-state index contributed by atoms with van der Waals surface area (Å²) in [4.78, 5) is 25.2. The molecule has 132 valence electrons. The Morgan fingerprint density at radius 2 is 1.68 bits per heavy atom. The molecule has 1 atom stereocenters. The third-order valence-electron chi connectivity index (χ3n) is 4.01. The van der Waals surface area contributed by atoms with Crippen LogP contribution in [0, 0.1) is 5.92 Å². The monoisotopic (exact) mass is 358 g/mol. The van der Waals surface area contributed by atoms with Crippen molar-refractivity contribution in [2.75, 3.05) is 5.32 Å². The van der Waals surface area contributed by atoms with E-state index < -0.39 is 6.04 Å². The van der Waals surface area contributed by atoms with Gasteiger partial charge in [0.05, 0.1) is 10.6 Å². The van der Waals surface area contributed by atoms with Gasteiger partial charge in [0.1, 0.15) is 6.04 Å². The number of anilines is 1. The average molecular weight is 359 g/mol. The summed E-state index contributed by atoms with van der Waals surface area (Å²) in [7, 11) is 0. The SMILES string of the molecule is CCc1ccccc1NC(=O)[C@@H](NC(=O)c1ccccc1Cl)C(C)C. The van der Waals surface area contributed by atoms with E-state index in [1.165, 1.54) is 0 Å². The summed E-state index contributed by atoms with van der Waals surface area (Å²) in [6.07, 6.45) is 0.814. The number of aryl methyl sites for hydroxylation is 1. The number of carbonyl (C=O) groups excluding carboxylic acids is 2. The minimum Gasteiger partial charge on any atom is -0.340 e.